The van der Waals surface area contributed by atoms with E-state index in [4.69, 9.17) is 0 Å². The van der Waals surface area contributed by atoms with Gasteiger partial charge in [-0.25, -0.2) is 9.97 Å². The van der Waals surface area contributed by atoms with Crippen LogP contribution in [0.15, 0.2) is 61.3 Å². The predicted octanol–water partition coefficient (Wildman–Crippen LogP) is 6.56. The van der Waals surface area contributed by atoms with E-state index in [9.17, 15) is 18.4 Å². The van der Waals surface area contributed by atoms with Gasteiger partial charge in [0.05, 0.1) is 24.5 Å². The van der Waals surface area contributed by atoms with Crippen LogP contribution in [0.5, 0.6) is 0 Å². The molecule has 2 atom stereocenters. The van der Waals surface area contributed by atoms with E-state index in [1.165, 1.54) is 11.9 Å². The first kappa shape index (κ1) is 30.8. The Morgan fingerprint density at radius 2 is 1.89 bits per heavy atom. The summed E-state index contributed by atoms with van der Waals surface area (Å²) in [6.45, 7) is 6.86. The largest absolute Gasteiger partial charge is 0.393 e. The van der Waals surface area contributed by atoms with Crippen LogP contribution in [0.2, 0.25) is 0 Å². The van der Waals surface area contributed by atoms with Gasteiger partial charge in [0.15, 0.2) is 0 Å². The summed E-state index contributed by atoms with van der Waals surface area (Å²) in [5.41, 5.74) is 6.99. The quantitative estimate of drug-likeness (QED) is 0.182. The second-order valence-corrected chi connectivity index (χ2v) is 13.4. The molecule has 9 nitrogen and oxygen atoms in total. The lowest BCUT2D eigenvalue weighted by Crippen LogP contribution is -2.30. The van der Waals surface area contributed by atoms with E-state index in [1.54, 1.807) is 12.3 Å². The molecule has 0 radical (unpaired) electrons. The topological polar surface area (TPSA) is 111 Å². The van der Waals surface area contributed by atoms with Gasteiger partial charge in [0.25, 0.3) is 0 Å². The third-order valence-corrected chi connectivity index (χ3v) is 9.98. The molecule has 1 saturated heterocycles. The number of nitrogens with zero attached hydrogens (tertiary/aromatic N) is 7. The summed E-state index contributed by atoms with van der Waals surface area (Å²) < 4.78 is 41.5. The van der Waals surface area contributed by atoms with Gasteiger partial charge in [-0.05, 0) is 67.1 Å². The van der Waals surface area contributed by atoms with Gasteiger partial charge in [-0.2, -0.15) is 23.5 Å². The lowest BCUT2D eigenvalue weighted by Gasteiger charge is -2.21. The van der Waals surface area contributed by atoms with Crippen LogP contribution < -0.4 is 5.32 Å². The van der Waals surface area contributed by atoms with Gasteiger partial charge >= 0.3 is 6.18 Å². The number of hydrogen-bond donors (Lipinski definition) is 2. The second-order valence-electron chi connectivity index (χ2n) is 12.3. The van der Waals surface area contributed by atoms with Crippen molar-refractivity contribution in [1.82, 2.24) is 34.6 Å². The van der Waals surface area contributed by atoms with Gasteiger partial charge in [-0.3, -0.25) is 15.0 Å². The van der Waals surface area contributed by atoms with Gasteiger partial charge in [0.2, 0.25) is 0 Å². The average molecular weight is 656 g/mol. The Hall–Kier alpha value is -4.80. The van der Waals surface area contributed by atoms with Gasteiger partial charge in [-0.15, -0.1) is 11.3 Å². The van der Waals surface area contributed by atoms with Gasteiger partial charge in [0.1, 0.15) is 28.7 Å². The number of anilines is 1. The molecule has 6 heterocycles. The Morgan fingerprint density at radius 1 is 1.02 bits per heavy atom. The molecule has 0 saturated carbocycles. The zero-order valence-corrected chi connectivity index (χ0v) is 26.7. The maximum atomic E-state index is 13.2. The van der Waals surface area contributed by atoms with Crippen molar-refractivity contribution in [3.63, 3.8) is 0 Å². The number of nitrogens with one attached hydrogen (secondary N) is 2. The van der Waals surface area contributed by atoms with Gasteiger partial charge < -0.3 is 9.88 Å². The molecular formula is C34H32F3N9S. The third kappa shape index (κ3) is 6.57. The summed E-state index contributed by atoms with van der Waals surface area (Å²) >= 11 is 1.05. The fourth-order valence-corrected chi connectivity index (χ4v) is 7.63. The van der Waals surface area contributed by atoms with Crippen LogP contribution in [0.3, 0.4) is 0 Å². The first-order chi connectivity index (χ1) is 22.6. The van der Waals surface area contributed by atoms with Crippen molar-refractivity contribution in [2.24, 2.45) is 5.92 Å². The highest BCUT2D eigenvalue weighted by atomic mass is 32.1. The van der Waals surface area contributed by atoms with Crippen molar-refractivity contribution in [3.8, 4) is 6.07 Å². The number of rotatable bonds is 9. The van der Waals surface area contributed by atoms with Crippen LogP contribution in [0.25, 0.3) is 21.1 Å². The molecule has 240 valence electrons. The van der Waals surface area contributed by atoms with Crippen LogP contribution >= 0.6 is 11.3 Å². The van der Waals surface area contributed by atoms with Gasteiger partial charge in [0, 0.05) is 65.1 Å². The Balaban J connectivity index is 1.16. The summed E-state index contributed by atoms with van der Waals surface area (Å²) in [5.74, 6) is 0.752. The maximum Gasteiger partial charge on any atom is 0.393 e. The van der Waals surface area contributed by atoms with Crippen molar-refractivity contribution in [2.45, 2.75) is 52.0 Å². The van der Waals surface area contributed by atoms with E-state index >= 15 is 0 Å². The predicted molar refractivity (Wildman–Crippen MR) is 175 cm³/mol. The molecule has 0 amide bonds. The van der Waals surface area contributed by atoms with E-state index in [0.29, 0.717) is 34.8 Å². The zero-order chi connectivity index (χ0) is 32.7. The summed E-state index contributed by atoms with van der Waals surface area (Å²) in [7, 11) is 0. The van der Waals surface area contributed by atoms with Gasteiger partial charge in [-0.1, -0.05) is 12.1 Å². The van der Waals surface area contributed by atoms with Crippen LogP contribution in [-0.2, 0) is 25.9 Å². The number of benzene rings is 1. The van der Waals surface area contributed by atoms with Crippen LogP contribution in [0.4, 0.5) is 19.0 Å². The Bertz CT molecular complexity index is 2070. The van der Waals surface area contributed by atoms with E-state index < -0.39 is 12.6 Å². The minimum absolute atomic E-state index is 0.00867. The van der Waals surface area contributed by atoms with E-state index in [-0.39, 0.29) is 16.8 Å². The van der Waals surface area contributed by atoms with E-state index in [1.807, 2.05) is 36.0 Å². The minimum Gasteiger partial charge on any atom is -0.365 e. The van der Waals surface area contributed by atoms with Crippen LogP contribution in [-0.4, -0.2) is 59.9 Å². The zero-order valence-electron chi connectivity index (χ0n) is 25.8. The summed E-state index contributed by atoms with van der Waals surface area (Å²) in [6, 6.07) is 14.2. The van der Waals surface area contributed by atoms with E-state index in [2.05, 4.69) is 66.6 Å². The molecule has 13 heteroatoms. The molecule has 0 bridgehead atoms. The number of pyridine rings is 1. The molecule has 5 aromatic heterocycles. The smallest absolute Gasteiger partial charge is 0.365 e. The van der Waals surface area contributed by atoms with Crippen molar-refractivity contribution in [1.29, 1.82) is 5.26 Å². The molecule has 6 aromatic rings. The van der Waals surface area contributed by atoms with Crippen molar-refractivity contribution in [3.05, 3.63) is 99.8 Å². The number of nitriles is 1. The number of aromatic amines is 1. The minimum atomic E-state index is -4.29. The molecule has 2 unspecified atom stereocenters. The normalized spacial score (nSPS) is 17.1. The molecular weight excluding hydrogens is 623 g/mol. The maximum absolute atomic E-state index is 13.2. The number of halogens is 3. The molecule has 1 aromatic carbocycles. The Labute approximate surface area is 273 Å². The van der Waals surface area contributed by atoms with Crippen LogP contribution in [0, 0.1) is 31.1 Å². The third-order valence-electron chi connectivity index (χ3n) is 8.94. The first-order valence-electron chi connectivity index (χ1n) is 15.3. The number of aromatic nitrogens is 6. The molecule has 1 fully saturated rings. The molecule has 7 rings (SSSR count). The van der Waals surface area contributed by atoms with Crippen molar-refractivity contribution >= 4 is 38.3 Å². The number of likely N-dealkylation sites (tertiary alicyclic amines) is 1. The highest BCUT2D eigenvalue weighted by molar-refractivity contribution is 7.18. The number of hydrogen-bond acceptors (Lipinski definition) is 8. The van der Waals surface area contributed by atoms with Crippen molar-refractivity contribution < 1.29 is 13.2 Å². The SMILES string of the molecule is Cc1ccc(CC2CN(Cc3ccc4c(cc(C#N)n4Cc4cn[nH]c4)c3C)CC2Nc2ncnc3sc(CC(F)(F)F)cc23)cn1. The Morgan fingerprint density at radius 3 is 2.64 bits per heavy atom. The molecule has 47 heavy (non-hydrogen) atoms. The molecule has 0 aliphatic carbocycles. The number of thiophene rings is 1. The lowest BCUT2D eigenvalue weighted by atomic mass is 9.95. The highest BCUT2D eigenvalue weighted by Crippen LogP contribution is 2.35. The second kappa shape index (κ2) is 12.4. The van der Waals surface area contributed by atoms with Crippen molar-refractivity contribution in [2.75, 3.05) is 18.4 Å². The summed E-state index contributed by atoms with van der Waals surface area (Å²) in [6.07, 6.45) is 2.44. The van der Waals surface area contributed by atoms with Crippen LogP contribution in [0.1, 0.15) is 38.5 Å². The standard InChI is InChI=1S/C34H32F3N9S/c1-20-3-4-22(12-39-20)7-25-17-45(18-30(25)44-32-29-9-27(10-34(35,36)37)47-33(29)41-19-40-32)16-24-5-6-31-28(21(24)2)8-26(11-38)46(31)15-23-13-42-43-14-23/h3-6,8-9,12-14,19,25,30H,7,10,15-18H2,1-2H3,(H,42,43)(H,40,41,44). The number of fused-ring (bicyclic) bond motifs is 2. The Kier molecular flexibility index (Phi) is 8.15. The lowest BCUT2D eigenvalue weighted by molar-refractivity contribution is -0.126. The monoisotopic (exact) mass is 655 g/mol. The summed E-state index contributed by atoms with van der Waals surface area (Å²) in [4.78, 5) is 16.4. The molecule has 2 N–H and O–H groups in total. The summed E-state index contributed by atoms with van der Waals surface area (Å²) in [5, 5.41) is 22.0. The molecule has 0 spiro atoms. The number of aryl methyl sites for hydroxylation is 2. The fraction of sp³-hybridized carbons (Fsp3) is 0.324. The fourth-order valence-electron chi connectivity index (χ4n) is 6.61. The number of H-pyrrole nitrogens is 1. The molecule has 1 aliphatic rings. The van der Waals surface area contributed by atoms with E-state index in [0.717, 1.165) is 64.1 Å². The first-order valence-corrected chi connectivity index (χ1v) is 16.1. The number of alkyl halides is 3. The molecule has 1 aliphatic heterocycles. The average Bonchev–Trinajstić information content (AvgIpc) is 3.83. The highest BCUT2D eigenvalue weighted by Gasteiger charge is 2.34.